The van der Waals surface area contributed by atoms with Crippen LogP contribution in [-0.2, 0) is 20.9 Å². The van der Waals surface area contributed by atoms with Crippen molar-refractivity contribution < 1.29 is 19.1 Å². The van der Waals surface area contributed by atoms with Crippen molar-refractivity contribution in [2.45, 2.75) is 6.61 Å². The second-order valence-corrected chi connectivity index (χ2v) is 6.22. The van der Waals surface area contributed by atoms with E-state index in [-0.39, 0.29) is 20.8 Å². The molecule has 0 heterocycles. The van der Waals surface area contributed by atoms with Crippen molar-refractivity contribution in [3.63, 3.8) is 0 Å². The third-order valence-corrected chi connectivity index (χ3v) is 4.15. The van der Waals surface area contributed by atoms with Crippen LogP contribution in [0.1, 0.15) is 15.9 Å². The second-order valence-electron chi connectivity index (χ2n) is 5.00. The number of anilines is 1. The van der Waals surface area contributed by atoms with E-state index in [0.29, 0.717) is 12.2 Å². The van der Waals surface area contributed by atoms with Crippen molar-refractivity contribution >= 4 is 52.4 Å². The highest BCUT2D eigenvalue weighted by molar-refractivity contribution is 6.44. The first-order valence-corrected chi connectivity index (χ1v) is 8.23. The molecule has 0 aromatic heterocycles. The zero-order valence-electron chi connectivity index (χ0n) is 13.1. The van der Waals surface area contributed by atoms with Crippen LogP contribution in [0.2, 0.25) is 15.1 Å². The van der Waals surface area contributed by atoms with E-state index in [1.165, 1.54) is 12.1 Å². The lowest BCUT2D eigenvalue weighted by Crippen LogP contribution is -2.21. The molecule has 5 nitrogen and oxygen atoms in total. The number of hydrogen-bond donors (Lipinski definition) is 1. The summed E-state index contributed by atoms with van der Waals surface area (Å²) >= 11 is 17.7. The summed E-state index contributed by atoms with van der Waals surface area (Å²) in [5.74, 6) is -1.16. The highest BCUT2D eigenvalue weighted by atomic mass is 35.5. The van der Waals surface area contributed by atoms with Gasteiger partial charge in [0.25, 0.3) is 5.91 Å². The van der Waals surface area contributed by atoms with E-state index in [0.717, 1.165) is 5.56 Å². The Balaban J connectivity index is 1.91. The fraction of sp³-hybridized carbons (Fsp3) is 0.176. The van der Waals surface area contributed by atoms with Crippen LogP contribution in [0.15, 0.2) is 36.4 Å². The van der Waals surface area contributed by atoms with Crippen LogP contribution in [-0.4, -0.2) is 25.6 Å². The molecule has 1 amide bonds. The van der Waals surface area contributed by atoms with Crippen LogP contribution in [0.4, 0.5) is 5.69 Å². The Morgan fingerprint density at radius 3 is 2.28 bits per heavy atom. The maximum absolute atomic E-state index is 11.9. The van der Waals surface area contributed by atoms with E-state index in [9.17, 15) is 9.59 Å². The fourth-order valence-corrected chi connectivity index (χ4v) is 2.52. The van der Waals surface area contributed by atoms with Gasteiger partial charge in [0, 0.05) is 7.11 Å². The molecule has 0 radical (unpaired) electrons. The van der Waals surface area contributed by atoms with Crippen LogP contribution >= 0.6 is 34.8 Å². The van der Waals surface area contributed by atoms with Crippen LogP contribution < -0.4 is 5.32 Å². The summed E-state index contributed by atoms with van der Waals surface area (Å²) in [6.45, 7) is -0.0165. The zero-order chi connectivity index (χ0) is 18.4. The number of ether oxygens (including phenoxy) is 2. The second kappa shape index (κ2) is 9.06. The molecular weight excluding hydrogens is 389 g/mol. The van der Waals surface area contributed by atoms with Gasteiger partial charge in [0.1, 0.15) is 0 Å². The lowest BCUT2D eigenvalue weighted by Gasteiger charge is -2.09. The maximum Gasteiger partial charge on any atom is 0.338 e. The van der Waals surface area contributed by atoms with Crippen molar-refractivity contribution in [1.29, 1.82) is 0 Å². The highest BCUT2D eigenvalue weighted by Gasteiger charge is 2.13. The summed E-state index contributed by atoms with van der Waals surface area (Å²) < 4.78 is 9.96. The Bertz CT molecular complexity index is 778. The summed E-state index contributed by atoms with van der Waals surface area (Å²) in [6.07, 6.45) is 0. The van der Waals surface area contributed by atoms with Gasteiger partial charge < -0.3 is 14.8 Å². The number of rotatable bonds is 6. The molecule has 0 aliphatic rings. The van der Waals surface area contributed by atoms with Gasteiger partial charge in [0.2, 0.25) is 0 Å². The van der Waals surface area contributed by atoms with Crippen LogP contribution in [0.25, 0.3) is 0 Å². The van der Waals surface area contributed by atoms with E-state index in [1.807, 2.05) is 0 Å². The summed E-state index contributed by atoms with van der Waals surface area (Å²) in [5, 5.41) is 3.24. The van der Waals surface area contributed by atoms with Crippen molar-refractivity contribution in [3.8, 4) is 0 Å². The molecule has 2 aromatic carbocycles. The highest BCUT2D eigenvalue weighted by Crippen LogP contribution is 2.32. The van der Waals surface area contributed by atoms with Crippen molar-refractivity contribution in [2.75, 3.05) is 19.0 Å². The van der Waals surface area contributed by atoms with Gasteiger partial charge in [-0.15, -0.1) is 0 Å². The first kappa shape index (κ1) is 19.5. The number of halogens is 3. The van der Waals surface area contributed by atoms with Gasteiger partial charge in [-0.3, -0.25) is 4.79 Å². The standard InChI is InChI=1S/C17H14Cl3NO4/c1-24-8-10-2-4-11(5-3-10)17(23)25-9-16(22)21-15-7-13(19)12(18)6-14(15)20/h2-7H,8-9H2,1H3,(H,21,22). The molecule has 0 bridgehead atoms. The van der Waals surface area contributed by atoms with Gasteiger partial charge in [-0.25, -0.2) is 4.79 Å². The molecule has 2 aromatic rings. The Labute approximate surface area is 159 Å². The molecule has 0 fully saturated rings. The molecule has 0 spiro atoms. The number of carbonyl (C=O) groups excluding carboxylic acids is 2. The first-order valence-electron chi connectivity index (χ1n) is 7.10. The van der Waals surface area contributed by atoms with Crippen LogP contribution in [0, 0.1) is 0 Å². The number of carbonyl (C=O) groups is 2. The largest absolute Gasteiger partial charge is 0.452 e. The SMILES string of the molecule is COCc1ccc(C(=O)OCC(=O)Nc2cc(Cl)c(Cl)cc2Cl)cc1. The van der Waals surface area contributed by atoms with Crippen LogP contribution in [0.5, 0.6) is 0 Å². The molecule has 0 aliphatic carbocycles. The molecule has 2 rings (SSSR count). The average Bonchev–Trinajstić information content (AvgIpc) is 2.58. The molecule has 132 valence electrons. The van der Waals surface area contributed by atoms with Gasteiger partial charge >= 0.3 is 5.97 Å². The minimum atomic E-state index is -0.612. The minimum Gasteiger partial charge on any atom is -0.452 e. The summed E-state index contributed by atoms with van der Waals surface area (Å²) in [5.41, 5.74) is 1.53. The van der Waals surface area contributed by atoms with Gasteiger partial charge in [-0.1, -0.05) is 46.9 Å². The number of hydrogen-bond acceptors (Lipinski definition) is 4. The lowest BCUT2D eigenvalue weighted by atomic mass is 10.1. The Morgan fingerprint density at radius 1 is 1.00 bits per heavy atom. The van der Waals surface area contributed by atoms with Crippen molar-refractivity contribution in [2.24, 2.45) is 0 Å². The maximum atomic E-state index is 11.9. The molecule has 0 unspecified atom stereocenters. The van der Waals surface area contributed by atoms with E-state index in [2.05, 4.69) is 5.32 Å². The Hall–Kier alpha value is -1.79. The predicted octanol–water partition coefficient (Wildman–Crippen LogP) is 4.59. The smallest absolute Gasteiger partial charge is 0.338 e. The average molecular weight is 403 g/mol. The number of esters is 1. The molecule has 0 aliphatic heterocycles. The Morgan fingerprint density at radius 2 is 1.64 bits per heavy atom. The normalized spacial score (nSPS) is 10.4. The van der Waals surface area contributed by atoms with Crippen molar-refractivity contribution in [3.05, 3.63) is 62.6 Å². The molecule has 25 heavy (non-hydrogen) atoms. The first-order chi connectivity index (χ1) is 11.9. The van der Waals surface area contributed by atoms with Gasteiger partial charge in [0.05, 0.1) is 32.9 Å². The van der Waals surface area contributed by atoms with Gasteiger partial charge in [-0.2, -0.15) is 0 Å². The molecule has 1 N–H and O–H groups in total. The summed E-state index contributed by atoms with van der Waals surface area (Å²) in [4.78, 5) is 23.8. The number of amides is 1. The molecule has 0 saturated heterocycles. The number of methoxy groups -OCH3 is 1. The third-order valence-electron chi connectivity index (χ3n) is 3.12. The quantitative estimate of drug-likeness (QED) is 0.567. The predicted molar refractivity (Wildman–Crippen MR) is 97.5 cm³/mol. The van der Waals surface area contributed by atoms with Gasteiger partial charge in [0.15, 0.2) is 6.61 Å². The minimum absolute atomic E-state index is 0.225. The van der Waals surface area contributed by atoms with Gasteiger partial charge in [-0.05, 0) is 29.8 Å². The fourth-order valence-electron chi connectivity index (χ4n) is 1.92. The third kappa shape index (κ3) is 5.61. The van der Waals surface area contributed by atoms with E-state index < -0.39 is 18.5 Å². The zero-order valence-corrected chi connectivity index (χ0v) is 15.4. The summed E-state index contributed by atoms with van der Waals surface area (Å²) in [6, 6.07) is 9.52. The molecule has 8 heteroatoms. The lowest BCUT2D eigenvalue weighted by molar-refractivity contribution is -0.119. The topological polar surface area (TPSA) is 64.6 Å². The monoisotopic (exact) mass is 401 g/mol. The molecule has 0 atom stereocenters. The number of benzene rings is 2. The van der Waals surface area contributed by atoms with Crippen LogP contribution in [0.3, 0.4) is 0 Å². The molecule has 0 saturated carbocycles. The molecular formula is C17H14Cl3NO4. The van der Waals surface area contributed by atoms with E-state index in [4.69, 9.17) is 44.3 Å². The number of nitrogens with one attached hydrogen (secondary N) is 1. The van der Waals surface area contributed by atoms with Crippen molar-refractivity contribution in [1.82, 2.24) is 0 Å². The van der Waals surface area contributed by atoms with E-state index in [1.54, 1.807) is 31.4 Å². The van der Waals surface area contributed by atoms with E-state index >= 15 is 0 Å². The summed E-state index contributed by atoms with van der Waals surface area (Å²) in [7, 11) is 1.58. The Kier molecular flexibility index (Phi) is 7.08.